The van der Waals surface area contributed by atoms with Crippen LogP contribution in [-0.2, 0) is 9.53 Å². The molecule has 3 atom stereocenters. The minimum absolute atomic E-state index is 0.188. The number of nitrogens with one attached hydrogen (secondary N) is 1. The summed E-state index contributed by atoms with van der Waals surface area (Å²) in [6.45, 7) is 10.0. The van der Waals surface area contributed by atoms with E-state index >= 15 is 0 Å². The maximum absolute atomic E-state index is 11.8. The molecule has 4 nitrogen and oxygen atoms in total. The fourth-order valence-electron chi connectivity index (χ4n) is 3.55. The summed E-state index contributed by atoms with van der Waals surface area (Å²) in [6.07, 6.45) is 5.85. The van der Waals surface area contributed by atoms with Crippen LogP contribution in [-0.4, -0.2) is 35.9 Å². The zero-order valence-electron chi connectivity index (χ0n) is 14.2. The number of rotatable bonds is 10. The standard InChI is InChI=1S/C17H33NO3/c1-5-10-18-17(16(19)20)9-6-7-15(17)8-11-21-14(4)12-13(2)3/h13-15,18H,5-12H2,1-4H3,(H,19,20). The van der Waals surface area contributed by atoms with E-state index in [1.165, 1.54) is 0 Å². The molecule has 0 aromatic carbocycles. The first-order valence-corrected chi connectivity index (χ1v) is 8.52. The van der Waals surface area contributed by atoms with Gasteiger partial charge in [0, 0.05) is 6.61 Å². The van der Waals surface area contributed by atoms with Crippen LogP contribution in [0.2, 0.25) is 0 Å². The van der Waals surface area contributed by atoms with Gasteiger partial charge >= 0.3 is 5.97 Å². The van der Waals surface area contributed by atoms with Crippen LogP contribution in [0.1, 0.15) is 66.2 Å². The van der Waals surface area contributed by atoms with Gasteiger partial charge in [0.25, 0.3) is 0 Å². The van der Waals surface area contributed by atoms with Gasteiger partial charge in [0.15, 0.2) is 0 Å². The fraction of sp³-hybridized carbons (Fsp3) is 0.941. The first-order valence-electron chi connectivity index (χ1n) is 8.52. The second-order valence-corrected chi connectivity index (χ2v) is 6.89. The van der Waals surface area contributed by atoms with Gasteiger partial charge in [-0.1, -0.05) is 27.2 Å². The Labute approximate surface area is 129 Å². The van der Waals surface area contributed by atoms with E-state index in [1.807, 2.05) is 0 Å². The highest BCUT2D eigenvalue weighted by atomic mass is 16.5. The predicted molar refractivity (Wildman–Crippen MR) is 85.5 cm³/mol. The summed E-state index contributed by atoms with van der Waals surface area (Å²) in [5, 5.41) is 13.0. The van der Waals surface area contributed by atoms with Gasteiger partial charge in [-0.25, -0.2) is 0 Å². The number of hydrogen-bond donors (Lipinski definition) is 2. The minimum Gasteiger partial charge on any atom is -0.480 e. The Bertz CT molecular complexity index is 319. The molecule has 0 aromatic heterocycles. The molecular formula is C17H33NO3. The van der Waals surface area contributed by atoms with Crippen molar-refractivity contribution in [2.75, 3.05) is 13.2 Å². The topological polar surface area (TPSA) is 58.6 Å². The average Bonchev–Trinajstić information content (AvgIpc) is 2.80. The number of aliphatic carboxylic acids is 1. The Kier molecular flexibility index (Phi) is 7.67. The molecule has 0 bridgehead atoms. The Balaban J connectivity index is 2.49. The molecule has 124 valence electrons. The van der Waals surface area contributed by atoms with Crippen LogP contribution in [0.25, 0.3) is 0 Å². The van der Waals surface area contributed by atoms with Crippen LogP contribution < -0.4 is 5.32 Å². The van der Waals surface area contributed by atoms with Crippen molar-refractivity contribution in [1.82, 2.24) is 5.32 Å². The van der Waals surface area contributed by atoms with Crippen molar-refractivity contribution in [2.45, 2.75) is 77.9 Å². The molecule has 0 spiro atoms. The lowest BCUT2D eigenvalue weighted by Gasteiger charge is -2.33. The number of ether oxygens (including phenoxy) is 1. The maximum atomic E-state index is 11.8. The van der Waals surface area contributed by atoms with Crippen molar-refractivity contribution >= 4 is 5.97 Å². The molecular weight excluding hydrogens is 266 g/mol. The molecule has 0 amide bonds. The second kappa shape index (κ2) is 8.74. The van der Waals surface area contributed by atoms with Gasteiger partial charge in [-0.2, -0.15) is 0 Å². The summed E-state index contributed by atoms with van der Waals surface area (Å²) in [7, 11) is 0. The predicted octanol–water partition coefficient (Wildman–Crippen LogP) is 3.45. The minimum atomic E-state index is -0.722. The van der Waals surface area contributed by atoms with Crippen LogP contribution in [0, 0.1) is 11.8 Å². The van der Waals surface area contributed by atoms with Gasteiger partial charge in [-0.05, 0) is 57.4 Å². The van der Waals surface area contributed by atoms with E-state index in [1.54, 1.807) is 0 Å². The molecule has 0 heterocycles. The normalized spacial score (nSPS) is 27.2. The lowest BCUT2D eigenvalue weighted by Crippen LogP contribution is -2.55. The number of hydrogen-bond acceptors (Lipinski definition) is 3. The summed E-state index contributed by atoms with van der Waals surface area (Å²) in [6, 6.07) is 0. The first kappa shape index (κ1) is 18.4. The molecule has 4 heteroatoms. The van der Waals surface area contributed by atoms with E-state index in [9.17, 15) is 9.90 Å². The van der Waals surface area contributed by atoms with Crippen LogP contribution in [0.5, 0.6) is 0 Å². The van der Waals surface area contributed by atoms with Gasteiger partial charge < -0.3 is 15.2 Å². The zero-order valence-corrected chi connectivity index (χ0v) is 14.2. The largest absolute Gasteiger partial charge is 0.480 e. The van der Waals surface area contributed by atoms with Crippen molar-refractivity contribution < 1.29 is 14.6 Å². The Hall–Kier alpha value is -0.610. The van der Waals surface area contributed by atoms with Crippen molar-refractivity contribution in [3.05, 3.63) is 0 Å². The third-order valence-electron chi connectivity index (χ3n) is 4.56. The molecule has 0 aliphatic heterocycles. The third-order valence-corrected chi connectivity index (χ3v) is 4.56. The summed E-state index contributed by atoms with van der Waals surface area (Å²) < 4.78 is 5.87. The molecule has 2 N–H and O–H groups in total. The van der Waals surface area contributed by atoms with Gasteiger partial charge in [0.05, 0.1) is 6.10 Å². The van der Waals surface area contributed by atoms with E-state index < -0.39 is 11.5 Å². The van der Waals surface area contributed by atoms with Crippen LogP contribution in [0.3, 0.4) is 0 Å². The molecule has 1 fully saturated rings. The Morgan fingerprint density at radius 3 is 2.71 bits per heavy atom. The smallest absolute Gasteiger partial charge is 0.324 e. The van der Waals surface area contributed by atoms with E-state index in [0.29, 0.717) is 12.5 Å². The van der Waals surface area contributed by atoms with Crippen molar-refractivity contribution in [3.63, 3.8) is 0 Å². The highest BCUT2D eigenvalue weighted by Crippen LogP contribution is 2.38. The van der Waals surface area contributed by atoms with Crippen molar-refractivity contribution in [3.8, 4) is 0 Å². The Morgan fingerprint density at radius 2 is 2.14 bits per heavy atom. The SMILES string of the molecule is CCCNC1(C(=O)O)CCCC1CCOC(C)CC(C)C. The van der Waals surface area contributed by atoms with E-state index in [0.717, 1.165) is 45.1 Å². The monoisotopic (exact) mass is 299 g/mol. The first-order chi connectivity index (χ1) is 9.92. The van der Waals surface area contributed by atoms with E-state index in [2.05, 4.69) is 33.0 Å². The summed E-state index contributed by atoms with van der Waals surface area (Å²) in [4.78, 5) is 11.8. The summed E-state index contributed by atoms with van der Waals surface area (Å²) in [5.74, 6) is 0.136. The van der Waals surface area contributed by atoms with Crippen molar-refractivity contribution in [2.24, 2.45) is 11.8 Å². The lowest BCUT2D eigenvalue weighted by atomic mass is 9.84. The molecule has 3 unspecified atom stereocenters. The number of carboxylic acid groups (broad SMARTS) is 1. The summed E-state index contributed by atoms with van der Waals surface area (Å²) in [5.41, 5.74) is -0.722. The molecule has 0 aromatic rings. The third kappa shape index (κ3) is 5.26. The molecule has 1 aliphatic rings. The molecule has 1 saturated carbocycles. The van der Waals surface area contributed by atoms with Gasteiger partial charge in [-0.15, -0.1) is 0 Å². The Morgan fingerprint density at radius 1 is 1.43 bits per heavy atom. The second-order valence-electron chi connectivity index (χ2n) is 6.89. The zero-order chi connectivity index (χ0) is 15.9. The molecule has 1 aliphatic carbocycles. The molecule has 1 rings (SSSR count). The summed E-state index contributed by atoms with van der Waals surface area (Å²) >= 11 is 0. The van der Waals surface area contributed by atoms with E-state index in [4.69, 9.17) is 4.74 Å². The van der Waals surface area contributed by atoms with Gasteiger partial charge in [-0.3, -0.25) is 4.79 Å². The maximum Gasteiger partial charge on any atom is 0.324 e. The van der Waals surface area contributed by atoms with Crippen LogP contribution >= 0.6 is 0 Å². The van der Waals surface area contributed by atoms with Crippen LogP contribution in [0.4, 0.5) is 0 Å². The highest BCUT2D eigenvalue weighted by Gasteiger charge is 2.48. The van der Waals surface area contributed by atoms with Gasteiger partial charge in [0.1, 0.15) is 5.54 Å². The van der Waals surface area contributed by atoms with Crippen LogP contribution in [0.15, 0.2) is 0 Å². The highest BCUT2D eigenvalue weighted by molar-refractivity contribution is 5.79. The molecule has 0 radical (unpaired) electrons. The quantitative estimate of drug-likeness (QED) is 0.648. The molecule has 21 heavy (non-hydrogen) atoms. The molecule has 0 saturated heterocycles. The fourth-order valence-corrected chi connectivity index (χ4v) is 3.55. The average molecular weight is 299 g/mol. The van der Waals surface area contributed by atoms with Gasteiger partial charge in [0.2, 0.25) is 0 Å². The van der Waals surface area contributed by atoms with Crippen molar-refractivity contribution in [1.29, 1.82) is 0 Å². The number of carbonyl (C=O) groups is 1. The lowest BCUT2D eigenvalue weighted by molar-refractivity contribution is -0.147. The van der Waals surface area contributed by atoms with E-state index in [-0.39, 0.29) is 12.0 Å². The number of carboxylic acids is 1.